The van der Waals surface area contributed by atoms with E-state index in [1.165, 1.54) is 18.5 Å². The Morgan fingerprint density at radius 2 is 2.24 bits per heavy atom. The van der Waals surface area contributed by atoms with Crippen molar-refractivity contribution < 1.29 is 4.79 Å². The number of carbonyl (C=O) groups excluding carboxylic acids is 1. The molecular formula is C16H22BrN3O. The van der Waals surface area contributed by atoms with E-state index < -0.39 is 0 Å². The van der Waals surface area contributed by atoms with E-state index in [0.29, 0.717) is 6.04 Å². The number of carbonyl (C=O) groups is 1. The minimum Gasteiger partial charge on any atom is -0.368 e. The Kier molecular flexibility index (Phi) is 4.22. The van der Waals surface area contributed by atoms with Gasteiger partial charge in [0.2, 0.25) is 5.91 Å². The fourth-order valence-corrected chi connectivity index (χ4v) is 4.06. The Hall–Kier alpha value is -1.07. The van der Waals surface area contributed by atoms with Crippen LogP contribution in [0.3, 0.4) is 0 Å². The van der Waals surface area contributed by atoms with Gasteiger partial charge in [0.05, 0.1) is 5.69 Å². The van der Waals surface area contributed by atoms with Crippen molar-refractivity contribution in [3.8, 4) is 0 Å². The van der Waals surface area contributed by atoms with Gasteiger partial charge in [0, 0.05) is 28.3 Å². The second kappa shape index (κ2) is 5.97. The fourth-order valence-electron chi connectivity index (χ4n) is 3.47. The number of anilines is 2. The molecule has 1 fully saturated rings. The molecule has 1 aromatic carbocycles. The molecule has 3 rings (SSSR count). The lowest BCUT2D eigenvalue weighted by atomic mass is 10.1. The summed E-state index contributed by atoms with van der Waals surface area (Å²) in [6.07, 6.45) is 3.66. The number of fused-ring (bicyclic) bond motifs is 1. The highest BCUT2D eigenvalue weighted by atomic mass is 79.9. The van der Waals surface area contributed by atoms with Gasteiger partial charge < -0.3 is 15.5 Å². The summed E-state index contributed by atoms with van der Waals surface area (Å²) in [6, 6.07) is 4.61. The number of halogens is 1. The van der Waals surface area contributed by atoms with E-state index in [1.807, 2.05) is 6.92 Å². The third kappa shape index (κ3) is 2.57. The van der Waals surface area contributed by atoms with Gasteiger partial charge in [0.1, 0.15) is 6.04 Å². The molecule has 0 radical (unpaired) electrons. The molecule has 2 aliphatic rings. The molecule has 0 saturated carbocycles. The van der Waals surface area contributed by atoms with Crippen LogP contribution in [-0.2, 0) is 4.79 Å². The van der Waals surface area contributed by atoms with Crippen molar-refractivity contribution in [2.24, 2.45) is 0 Å². The Morgan fingerprint density at radius 1 is 1.43 bits per heavy atom. The lowest BCUT2D eigenvalue weighted by Crippen LogP contribution is -2.28. The van der Waals surface area contributed by atoms with Gasteiger partial charge in [-0.15, -0.1) is 0 Å². The molecule has 0 bridgehead atoms. The molecule has 114 valence electrons. The number of hydrogen-bond donors (Lipinski definition) is 2. The van der Waals surface area contributed by atoms with Gasteiger partial charge in [-0.3, -0.25) is 4.79 Å². The third-order valence-electron chi connectivity index (χ3n) is 4.52. The summed E-state index contributed by atoms with van der Waals surface area (Å²) in [5.41, 5.74) is 3.20. The number of nitrogens with zero attached hydrogens (tertiary/aromatic N) is 1. The van der Waals surface area contributed by atoms with Crippen LogP contribution in [0.4, 0.5) is 11.4 Å². The van der Waals surface area contributed by atoms with Crippen LogP contribution in [0.2, 0.25) is 0 Å². The lowest BCUT2D eigenvalue weighted by Gasteiger charge is -2.27. The van der Waals surface area contributed by atoms with E-state index in [1.54, 1.807) is 0 Å². The van der Waals surface area contributed by atoms with Gasteiger partial charge in [-0.1, -0.05) is 13.8 Å². The topological polar surface area (TPSA) is 44.4 Å². The van der Waals surface area contributed by atoms with Crippen LogP contribution in [-0.4, -0.2) is 25.0 Å². The van der Waals surface area contributed by atoms with Crippen molar-refractivity contribution >= 4 is 33.2 Å². The molecule has 0 spiro atoms. The number of hydrogen-bond acceptors (Lipinski definition) is 3. The maximum atomic E-state index is 12.1. The van der Waals surface area contributed by atoms with E-state index in [9.17, 15) is 4.79 Å². The number of amides is 1. The first-order valence-electron chi connectivity index (χ1n) is 7.80. The number of benzene rings is 1. The summed E-state index contributed by atoms with van der Waals surface area (Å²) in [5, 5.41) is 6.25. The molecular weight excluding hydrogens is 330 g/mol. The van der Waals surface area contributed by atoms with E-state index in [4.69, 9.17) is 0 Å². The van der Waals surface area contributed by atoms with Crippen molar-refractivity contribution in [1.82, 2.24) is 5.32 Å². The maximum Gasteiger partial charge on any atom is 0.246 e. The lowest BCUT2D eigenvalue weighted by molar-refractivity contribution is -0.117. The van der Waals surface area contributed by atoms with Crippen LogP contribution in [0.15, 0.2) is 16.6 Å². The van der Waals surface area contributed by atoms with Gasteiger partial charge in [0.25, 0.3) is 0 Å². The predicted octanol–water partition coefficient (Wildman–Crippen LogP) is 3.43. The average molecular weight is 352 g/mol. The zero-order chi connectivity index (χ0) is 15.0. The summed E-state index contributed by atoms with van der Waals surface area (Å²) < 4.78 is 1.08. The highest BCUT2D eigenvalue weighted by molar-refractivity contribution is 9.10. The van der Waals surface area contributed by atoms with E-state index >= 15 is 0 Å². The summed E-state index contributed by atoms with van der Waals surface area (Å²) in [5.74, 6) is 0.0457. The van der Waals surface area contributed by atoms with E-state index in [2.05, 4.69) is 50.5 Å². The zero-order valence-corrected chi connectivity index (χ0v) is 14.2. The van der Waals surface area contributed by atoms with Crippen LogP contribution in [0, 0.1) is 0 Å². The summed E-state index contributed by atoms with van der Waals surface area (Å²) >= 11 is 3.71. The Morgan fingerprint density at radius 3 is 2.95 bits per heavy atom. The molecule has 21 heavy (non-hydrogen) atoms. The van der Waals surface area contributed by atoms with Crippen molar-refractivity contribution in [2.75, 3.05) is 23.3 Å². The Balaban J connectivity index is 1.96. The maximum absolute atomic E-state index is 12.1. The minimum atomic E-state index is -0.226. The fraction of sp³-hybridized carbons (Fsp3) is 0.562. The van der Waals surface area contributed by atoms with Crippen molar-refractivity contribution in [3.63, 3.8) is 0 Å². The second-order valence-electron chi connectivity index (χ2n) is 5.77. The van der Waals surface area contributed by atoms with E-state index in [0.717, 1.165) is 35.2 Å². The first-order valence-corrected chi connectivity index (χ1v) is 8.59. The molecule has 1 saturated heterocycles. The predicted molar refractivity (Wildman–Crippen MR) is 89.8 cm³/mol. The van der Waals surface area contributed by atoms with Crippen molar-refractivity contribution in [2.45, 2.75) is 45.2 Å². The standard InChI is InChI=1S/C16H22BrN3O/c1-3-10-6-5-7-20(10)14-9-13-11(8-12(14)17)15(18-4-2)16(21)19-13/h8-10,15,18H,3-7H2,1-2H3,(H,19,21). The molecule has 0 aliphatic carbocycles. The molecule has 4 nitrogen and oxygen atoms in total. The number of rotatable bonds is 4. The summed E-state index contributed by atoms with van der Waals surface area (Å²) in [4.78, 5) is 14.6. The number of likely N-dealkylation sites (N-methyl/N-ethyl adjacent to an activating group) is 1. The molecule has 1 amide bonds. The minimum absolute atomic E-state index is 0.0457. The van der Waals surface area contributed by atoms with Crippen LogP contribution in [0.25, 0.3) is 0 Å². The zero-order valence-electron chi connectivity index (χ0n) is 12.6. The van der Waals surface area contributed by atoms with Crippen LogP contribution in [0.1, 0.15) is 44.7 Å². The quantitative estimate of drug-likeness (QED) is 0.873. The van der Waals surface area contributed by atoms with Gasteiger partial charge in [-0.05, 0) is 53.9 Å². The van der Waals surface area contributed by atoms with E-state index in [-0.39, 0.29) is 11.9 Å². The summed E-state index contributed by atoms with van der Waals surface area (Å²) in [6.45, 7) is 6.14. The smallest absolute Gasteiger partial charge is 0.246 e. The Labute approximate surface area is 134 Å². The van der Waals surface area contributed by atoms with Gasteiger partial charge in [-0.25, -0.2) is 0 Å². The highest BCUT2D eigenvalue weighted by Crippen LogP contribution is 2.41. The van der Waals surface area contributed by atoms with Crippen molar-refractivity contribution in [3.05, 3.63) is 22.2 Å². The highest BCUT2D eigenvalue weighted by Gasteiger charge is 2.32. The molecule has 2 atom stereocenters. The first kappa shape index (κ1) is 14.9. The van der Waals surface area contributed by atoms with Crippen molar-refractivity contribution in [1.29, 1.82) is 0 Å². The Bertz CT molecular complexity index is 561. The molecule has 5 heteroatoms. The molecule has 2 aliphatic heterocycles. The van der Waals surface area contributed by atoms with Crippen LogP contribution in [0.5, 0.6) is 0 Å². The SMILES string of the molecule is CCNC1C(=O)Nc2cc(N3CCCC3CC)c(Br)cc21. The van der Waals surface area contributed by atoms with Crippen LogP contribution < -0.4 is 15.5 Å². The molecule has 1 aromatic rings. The molecule has 2 N–H and O–H groups in total. The summed E-state index contributed by atoms with van der Waals surface area (Å²) in [7, 11) is 0. The van der Waals surface area contributed by atoms with Gasteiger partial charge in [-0.2, -0.15) is 0 Å². The van der Waals surface area contributed by atoms with Gasteiger partial charge >= 0.3 is 0 Å². The normalized spacial score (nSPS) is 24.3. The largest absolute Gasteiger partial charge is 0.368 e. The third-order valence-corrected chi connectivity index (χ3v) is 5.15. The molecule has 2 heterocycles. The molecule has 2 unspecified atom stereocenters. The second-order valence-corrected chi connectivity index (χ2v) is 6.62. The number of nitrogens with one attached hydrogen (secondary N) is 2. The van der Waals surface area contributed by atoms with Crippen LogP contribution >= 0.6 is 15.9 Å². The average Bonchev–Trinajstić information content (AvgIpc) is 3.04. The van der Waals surface area contributed by atoms with Gasteiger partial charge in [0.15, 0.2) is 0 Å². The molecule has 0 aromatic heterocycles. The monoisotopic (exact) mass is 351 g/mol. The first-order chi connectivity index (χ1) is 10.2.